The Hall–Kier alpha value is -3.47. The van der Waals surface area contributed by atoms with Crippen molar-refractivity contribution in [3.63, 3.8) is 0 Å². The van der Waals surface area contributed by atoms with Gasteiger partial charge in [0.05, 0.1) is 6.26 Å². The van der Waals surface area contributed by atoms with E-state index in [-0.39, 0.29) is 17.5 Å². The fraction of sp³-hybridized carbons (Fsp3) is 0.316. The van der Waals surface area contributed by atoms with Crippen molar-refractivity contribution < 1.29 is 13.6 Å². The van der Waals surface area contributed by atoms with Crippen molar-refractivity contribution in [3.05, 3.63) is 47.6 Å². The monoisotopic (exact) mass is 365 g/mol. The van der Waals surface area contributed by atoms with Crippen LogP contribution in [-0.2, 0) is 7.05 Å². The van der Waals surface area contributed by atoms with Crippen molar-refractivity contribution in [1.29, 1.82) is 5.26 Å². The van der Waals surface area contributed by atoms with Crippen molar-refractivity contribution >= 4 is 11.8 Å². The van der Waals surface area contributed by atoms with E-state index in [0.717, 1.165) is 5.56 Å². The molecule has 138 valence electrons. The van der Waals surface area contributed by atoms with Crippen molar-refractivity contribution in [3.8, 4) is 17.7 Å². The number of carbonyl (C=O) groups excluding carboxylic acids is 1. The van der Waals surface area contributed by atoms with Crippen LogP contribution in [0, 0.1) is 18.3 Å². The molecule has 3 aromatic heterocycles. The Morgan fingerprint density at radius 2 is 2.04 bits per heavy atom. The molecule has 4 heterocycles. The summed E-state index contributed by atoms with van der Waals surface area (Å²) >= 11 is 0. The Labute approximate surface area is 156 Å². The van der Waals surface area contributed by atoms with Crippen LogP contribution in [0.2, 0.25) is 0 Å². The molecule has 1 aliphatic heterocycles. The lowest BCUT2D eigenvalue weighted by Crippen LogP contribution is -2.49. The summed E-state index contributed by atoms with van der Waals surface area (Å²) in [4.78, 5) is 20.8. The molecule has 3 aromatic rings. The van der Waals surface area contributed by atoms with E-state index in [0.29, 0.717) is 43.5 Å². The number of oxazole rings is 1. The van der Waals surface area contributed by atoms with Crippen LogP contribution in [0.15, 0.2) is 39.5 Å². The van der Waals surface area contributed by atoms with Crippen LogP contribution < -0.4 is 4.90 Å². The van der Waals surface area contributed by atoms with Gasteiger partial charge in [0.15, 0.2) is 5.76 Å². The minimum absolute atomic E-state index is 0.0222. The number of aryl methyl sites for hydroxylation is 2. The van der Waals surface area contributed by atoms with Crippen LogP contribution in [0.1, 0.15) is 21.7 Å². The van der Waals surface area contributed by atoms with Crippen LogP contribution in [0.25, 0.3) is 11.7 Å². The number of nitriles is 1. The van der Waals surface area contributed by atoms with Gasteiger partial charge in [-0.15, -0.1) is 0 Å². The number of aromatic nitrogens is 2. The Kier molecular flexibility index (Phi) is 4.20. The van der Waals surface area contributed by atoms with Crippen molar-refractivity contribution in [2.45, 2.75) is 6.92 Å². The van der Waals surface area contributed by atoms with Crippen LogP contribution >= 0.6 is 0 Å². The summed E-state index contributed by atoms with van der Waals surface area (Å²) in [5.74, 6) is 1.20. The standard InChI is InChI=1S/C19H19N5O3/c1-13-5-6-22(2)16(13)18(25)23-7-9-24(10-8-23)19-14(12-20)21-17(27-19)15-4-3-11-26-15/h3-6,11H,7-10H2,1-2H3. The van der Waals surface area contributed by atoms with Crippen molar-refractivity contribution in [2.24, 2.45) is 7.05 Å². The number of furan rings is 1. The van der Waals surface area contributed by atoms with E-state index in [4.69, 9.17) is 8.83 Å². The third-order valence-corrected chi connectivity index (χ3v) is 4.78. The van der Waals surface area contributed by atoms with Gasteiger partial charge in [0.2, 0.25) is 11.6 Å². The fourth-order valence-corrected chi connectivity index (χ4v) is 3.34. The molecule has 0 unspecified atom stereocenters. The Morgan fingerprint density at radius 1 is 1.26 bits per heavy atom. The highest BCUT2D eigenvalue weighted by Gasteiger charge is 2.28. The summed E-state index contributed by atoms with van der Waals surface area (Å²) in [6, 6.07) is 7.48. The second kappa shape index (κ2) is 6.68. The first-order chi connectivity index (χ1) is 13.1. The van der Waals surface area contributed by atoms with Gasteiger partial charge in [0, 0.05) is 39.4 Å². The van der Waals surface area contributed by atoms with Gasteiger partial charge in [-0.1, -0.05) is 0 Å². The maximum atomic E-state index is 12.8. The van der Waals surface area contributed by atoms with Crippen LogP contribution in [0.5, 0.6) is 0 Å². The minimum atomic E-state index is 0.0222. The highest BCUT2D eigenvalue weighted by molar-refractivity contribution is 5.94. The predicted octanol–water partition coefficient (Wildman–Crippen LogP) is 2.42. The zero-order valence-corrected chi connectivity index (χ0v) is 15.2. The lowest BCUT2D eigenvalue weighted by molar-refractivity contribution is 0.0735. The van der Waals surface area contributed by atoms with Crippen molar-refractivity contribution in [2.75, 3.05) is 31.1 Å². The summed E-state index contributed by atoms with van der Waals surface area (Å²) < 4.78 is 12.9. The number of carbonyl (C=O) groups is 1. The molecule has 0 aromatic carbocycles. The van der Waals surface area contributed by atoms with E-state index in [2.05, 4.69) is 11.1 Å². The molecule has 1 saturated heterocycles. The molecular formula is C19H19N5O3. The quantitative estimate of drug-likeness (QED) is 0.708. The molecule has 0 radical (unpaired) electrons. The average Bonchev–Trinajstić information content (AvgIpc) is 3.41. The number of rotatable bonds is 3. The normalized spacial score (nSPS) is 14.4. The lowest BCUT2D eigenvalue weighted by Gasteiger charge is -2.34. The number of piperazine rings is 1. The smallest absolute Gasteiger partial charge is 0.270 e. The largest absolute Gasteiger partial charge is 0.459 e. The Morgan fingerprint density at radius 3 is 2.63 bits per heavy atom. The molecule has 1 aliphatic rings. The van der Waals surface area contributed by atoms with Gasteiger partial charge in [0.1, 0.15) is 11.8 Å². The third kappa shape index (κ3) is 2.97. The van der Waals surface area contributed by atoms with Gasteiger partial charge in [-0.2, -0.15) is 10.2 Å². The SMILES string of the molecule is Cc1ccn(C)c1C(=O)N1CCN(c2oc(-c3ccco3)nc2C#N)CC1. The number of anilines is 1. The number of hydrogen-bond donors (Lipinski definition) is 0. The maximum absolute atomic E-state index is 12.8. The topological polar surface area (TPSA) is 91.4 Å². The van der Waals surface area contributed by atoms with Gasteiger partial charge < -0.3 is 23.2 Å². The van der Waals surface area contributed by atoms with Gasteiger partial charge in [0.25, 0.3) is 11.8 Å². The molecule has 27 heavy (non-hydrogen) atoms. The molecular weight excluding hydrogens is 346 g/mol. The van der Waals surface area contributed by atoms with Crippen LogP contribution in [0.3, 0.4) is 0 Å². The summed E-state index contributed by atoms with van der Waals surface area (Å²) in [5.41, 5.74) is 1.90. The van der Waals surface area contributed by atoms with E-state index in [1.807, 2.05) is 40.6 Å². The summed E-state index contributed by atoms with van der Waals surface area (Å²) in [6.45, 7) is 4.16. The van der Waals surface area contributed by atoms with E-state index in [1.54, 1.807) is 12.1 Å². The number of amides is 1. The van der Waals surface area contributed by atoms with Crippen LogP contribution in [-0.4, -0.2) is 46.5 Å². The molecule has 1 amide bonds. The first-order valence-corrected chi connectivity index (χ1v) is 8.69. The zero-order chi connectivity index (χ0) is 19.0. The van der Waals surface area contributed by atoms with E-state index < -0.39 is 0 Å². The Balaban J connectivity index is 1.50. The van der Waals surface area contributed by atoms with Gasteiger partial charge in [-0.25, -0.2) is 0 Å². The van der Waals surface area contributed by atoms with Crippen LogP contribution in [0.4, 0.5) is 5.88 Å². The zero-order valence-electron chi connectivity index (χ0n) is 15.2. The first kappa shape index (κ1) is 17.0. The summed E-state index contributed by atoms with van der Waals surface area (Å²) in [5, 5.41) is 9.39. The molecule has 0 atom stereocenters. The second-order valence-corrected chi connectivity index (χ2v) is 6.50. The fourth-order valence-electron chi connectivity index (χ4n) is 3.34. The third-order valence-electron chi connectivity index (χ3n) is 4.78. The second-order valence-electron chi connectivity index (χ2n) is 6.50. The number of nitrogens with zero attached hydrogens (tertiary/aromatic N) is 5. The molecule has 0 aliphatic carbocycles. The molecule has 8 nitrogen and oxygen atoms in total. The average molecular weight is 365 g/mol. The van der Waals surface area contributed by atoms with Gasteiger partial charge in [-0.05, 0) is 30.7 Å². The molecule has 1 fully saturated rings. The van der Waals surface area contributed by atoms with E-state index in [9.17, 15) is 10.1 Å². The van der Waals surface area contributed by atoms with E-state index >= 15 is 0 Å². The molecule has 0 bridgehead atoms. The molecule has 8 heteroatoms. The lowest BCUT2D eigenvalue weighted by atomic mass is 10.2. The maximum Gasteiger partial charge on any atom is 0.270 e. The van der Waals surface area contributed by atoms with Crippen molar-refractivity contribution in [1.82, 2.24) is 14.5 Å². The molecule has 0 spiro atoms. The Bertz CT molecular complexity index is 981. The molecule has 4 rings (SSSR count). The molecule has 0 N–H and O–H groups in total. The summed E-state index contributed by atoms with van der Waals surface area (Å²) in [7, 11) is 1.88. The summed E-state index contributed by atoms with van der Waals surface area (Å²) in [6.07, 6.45) is 3.42. The van der Waals surface area contributed by atoms with E-state index in [1.165, 1.54) is 6.26 Å². The highest BCUT2D eigenvalue weighted by atomic mass is 16.4. The first-order valence-electron chi connectivity index (χ1n) is 8.69. The predicted molar refractivity (Wildman–Crippen MR) is 97.2 cm³/mol. The highest BCUT2D eigenvalue weighted by Crippen LogP contribution is 2.29. The minimum Gasteiger partial charge on any atom is -0.459 e. The van der Waals surface area contributed by atoms with Gasteiger partial charge in [-0.3, -0.25) is 4.79 Å². The number of hydrogen-bond acceptors (Lipinski definition) is 6. The molecule has 0 saturated carbocycles. The van der Waals surface area contributed by atoms with Gasteiger partial charge >= 0.3 is 0 Å².